The van der Waals surface area contributed by atoms with Crippen LogP contribution in [0.5, 0.6) is 0 Å². The van der Waals surface area contributed by atoms with Crippen molar-refractivity contribution in [2.75, 3.05) is 13.1 Å². The summed E-state index contributed by atoms with van der Waals surface area (Å²) in [5, 5.41) is 2.07. The van der Waals surface area contributed by atoms with Crippen LogP contribution in [0.15, 0.2) is 41.8 Å². The Kier molecular flexibility index (Phi) is 10.8. The molecule has 1 unspecified atom stereocenters. The molecule has 2 rings (SSSR count). The normalized spacial score (nSPS) is 11.9. The van der Waals surface area contributed by atoms with Crippen molar-refractivity contribution in [2.45, 2.75) is 72.9 Å². The number of rotatable bonds is 13. The van der Waals surface area contributed by atoms with Crippen LogP contribution in [0.25, 0.3) is 0 Å². The van der Waals surface area contributed by atoms with E-state index in [0.717, 1.165) is 37.7 Å². The predicted molar refractivity (Wildman–Crippen MR) is 130 cm³/mol. The molecule has 0 saturated heterocycles. The van der Waals surface area contributed by atoms with Gasteiger partial charge >= 0.3 is 0 Å². The Balaban J connectivity index is 2.17. The summed E-state index contributed by atoms with van der Waals surface area (Å²) < 4.78 is 0. The number of benzene rings is 1. The maximum Gasteiger partial charge on any atom is 0.242 e. The second-order valence-corrected chi connectivity index (χ2v) is 9.27. The van der Waals surface area contributed by atoms with Gasteiger partial charge in [-0.2, -0.15) is 0 Å². The Labute approximate surface area is 192 Å². The highest BCUT2D eigenvalue weighted by Gasteiger charge is 2.26. The molecule has 0 bridgehead atoms. The maximum absolute atomic E-state index is 13.4. The molecule has 0 radical (unpaired) electrons. The number of hydrogen-bond acceptors (Lipinski definition) is 3. The third kappa shape index (κ3) is 7.80. The van der Waals surface area contributed by atoms with Gasteiger partial charge in [0.1, 0.15) is 0 Å². The molecule has 31 heavy (non-hydrogen) atoms. The van der Waals surface area contributed by atoms with Gasteiger partial charge in [-0.25, -0.2) is 0 Å². The highest BCUT2D eigenvalue weighted by molar-refractivity contribution is 7.10. The minimum Gasteiger partial charge on any atom is -0.333 e. The van der Waals surface area contributed by atoms with Crippen molar-refractivity contribution in [2.24, 2.45) is 5.92 Å². The molecule has 4 nitrogen and oxygen atoms in total. The fourth-order valence-electron chi connectivity index (χ4n) is 3.79. The first-order chi connectivity index (χ1) is 15.0. The standard InChI is InChI=1S/C26H38N2O2S/c1-5-8-14-23(7-3)26(30)27(16-6-2)20-25(29)28(18-22-12-10-9-11-13-22)19-24-21(4)15-17-31-24/h9-13,15,17,23H,5-8,14,16,18-20H2,1-4H3. The van der Waals surface area contributed by atoms with Crippen molar-refractivity contribution in [1.29, 1.82) is 0 Å². The third-order valence-corrected chi connectivity index (χ3v) is 6.76. The second kappa shape index (κ2) is 13.3. The molecule has 170 valence electrons. The van der Waals surface area contributed by atoms with Gasteiger partial charge < -0.3 is 9.80 Å². The summed E-state index contributed by atoms with van der Waals surface area (Å²) in [6, 6.07) is 12.2. The largest absolute Gasteiger partial charge is 0.333 e. The molecule has 0 aliphatic carbocycles. The molecule has 0 saturated carbocycles. The molecule has 0 spiro atoms. The van der Waals surface area contributed by atoms with Crippen LogP contribution in [0.1, 0.15) is 68.9 Å². The summed E-state index contributed by atoms with van der Waals surface area (Å²) >= 11 is 1.68. The average molecular weight is 443 g/mol. The van der Waals surface area contributed by atoms with Gasteiger partial charge in [0.25, 0.3) is 0 Å². The molecule has 2 amide bonds. The van der Waals surface area contributed by atoms with Crippen molar-refractivity contribution in [3.8, 4) is 0 Å². The summed E-state index contributed by atoms with van der Waals surface area (Å²) in [4.78, 5) is 31.5. The minimum absolute atomic E-state index is 0.0152. The number of carbonyl (C=O) groups is 2. The predicted octanol–water partition coefficient (Wildman–Crippen LogP) is 6.04. The van der Waals surface area contributed by atoms with Crippen LogP contribution in [-0.2, 0) is 22.7 Å². The van der Waals surface area contributed by atoms with Crippen molar-refractivity contribution < 1.29 is 9.59 Å². The molecule has 0 N–H and O–H groups in total. The average Bonchev–Trinajstić information content (AvgIpc) is 3.18. The summed E-state index contributed by atoms with van der Waals surface area (Å²) in [6.07, 6.45) is 4.72. The zero-order valence-corrected chi connectivity index (χ0v) is 20.4. The van der Waals surface area contributed by atoms with Gasteiger partial charge in [-0.3, -0.25) is 9.59 Å². The molecule has 5 heteroatoms. The molecule has 2 aromatic rings. The third-order valence-electron chi connectivity index (χ3n) is 5.75. The van der Waals surface area contributed by atoms with E-state index in [4.69, 9.17) is 0 Å². The Hall–Kier alpha value is -2.14. The molecule has 0 aliphatic rings. The van der Waals surface area contributed by atoms with Crippen molar-refractivity contribution >= 4 is 23.2 Å². The molecular formula is C26H38N2O2S. The van der Waals surface area contributed by atoms with Crippen molar-refractivity contribution in [3.05, 3.63) is 57.8 Å². The smallest absolute Gasteiger partial charge is 0.242 e. The summed E-state index contributed by atoms with van der Waals surface area (Å²) in [6.45, 7) is 10.3. The molecule has 1 heterocycles. The van der Waals surface area contributed by atoms with Gasteiger partial charge in [-0.15, -0.1) is 11.3 Å². The second-order valence-electron chi connectivity index (χ2n) is 8.27. The van der Waals surface area contributed by atoms with Gasteiger partial charge in [0.05, 0.1) is 13.1 Å². The lowest BCUT2D eigenvalue weighted by Gasteiger charge is -2.30. The molecular weight excluding hydrogens is 404 g/mol. The van der Waals surface area contributed by atoms with E-state index >= 15 is 0 Å². The van der Waals surface area contributed by atoms with Crippen LogP contribution in [0.3, 0.4) is 0 Å². The molecule has 1 aromatic carbocycles. The van der Waals surface area contributed by atoms with Gasteiger partial charge in [0.15, 0.2) is 0 Å². The molecule has 0 aliphatic heterocycles. The van der Waals surface area contributed by atoms with Crippen LogP contribution in [0.2, 0.25) is 0 Å². The lowest BCUT2D eigenvalue weighted by atomic mass is 9.97. The quantitative estimate of drug-likeness (QED) is 0.379. The van der Waals surface area contributed by atoms with Gasteiger partial charge in [0, 0.05) is 23.9 Å². The van der Waals surface area contributed by atoms with E-state index in [1.807, 2.05) is 35.2 Å². The Bertz CT molecular complexity index is 803. The highest BCUT2D eigenvalue weighted by atomic mass is 32.1. The first kappa shape index (κ1) is 25.1. The number of nitrogens with zero attached hydrogens (tertiary/aromatic N) is 2. The van der Waals surface area contributed by atoms with E-state index in [2.05, 4.69) is 39.1 Å². The minimum atomic E-state index is 0.0152. The van der Waals surface area contributed by atoms with E-state index in [1.54, 1.807) is 16.2 Å². The number of aryl methyl sites for hydroxylation is 1. The first-order valence-corrected chi connectivity index (χ1v) is 12.5. The monoisotopic (exact) mass is 442 g/mol. The number of carbonyl (C=O) groups excluding carboxylic acids is 2. The highest BCUT2D eigenvalue weighted by Crippen LogP contribution is 2.21. The van der Waals surface area contributed by atoms with Crippen molar-refractivity contribution in [1.82, 2.24) is 9.80 Å². The van der Waals surface area contributed by atoms with Crippen LogP contribution in [0, 0.1) is 12.8 Å². The molecule has 1 aromatic heterocycles. The molecule has 1 atom stereocenters. The van der Waals surface area contributed by atoms with Crippen LogP contribution < -0.4 is 0 Å². The number of amides is 2. The van der Waals surface area contributed by atoms with Crippen LogP contribution in [-0.4, -0.2) is 34.7 Å². The summed E-state index contributed by atoms with van der Waals surface area (Å²) in [5.41, 5.74) is 2.32. The van der Waals surface area contributed by atoms with Crippen LogP contribution in [0.4, 0.5) is 0 Å². The number of unbranched alkanes of at least 4 members (excludes halogenated alkanes) is 1. The van der Waals surface area contributed by atoms with Crippen molar-refractivity contribution in [3.63, 3.8) is 0 Å². The van der Waals surface area contributed by atoms with E-state index in [-0.39, 0.29) is 24.3 Å². The van der Waals surface area contributed by atoms with E-state index < -0.39 is 0 Å². The number of hydrogen-bond donors (Lipinski definition) is 0. The Morgan fingerprint density at radius 2 is 1.71 bits per heavy atom. The topological polar surface area (TPSA) is 40.6 Å². The Morgan fingerprint density at radius 1 is 0.968 bits per heavy atom. The summed E-state index contributed by atoms with van der Waals surface area (Å²) in [5.74, 6) is 0.170. The maximum atomic E-state index is 13.4. The first-order valence-electron chi connectivity index (χ1n) is 11.6. The zero-order valence-electron chi connectivity index (χ0n) is 19.6. The SMILES string of the molecule is CCCCC(CC)C(=O)N(CCC)CC(=O)N(Cc1ccccc1)Cc1sccc1C. The van der Waals surface area contributed by atoms with Gasteiger partial charge in [-0.1, -0.05) is 63.9 Å². The fourth-order valence-corrected chi connectivity index (χ4v) is 4.71. The van der Waals surface area contributed by atoms with E-state index in [1.165, 1.54) is 10.4 Å². The van der Waals surface area contributed by atoms with E-state index in [9.17, 15) is 9.59 Å². The summed E-state index contributed by atoms with van der Waals surface area (Å²) in [7, 11) is 0. The van der Waals surface area contributed by atoms with Gasteiger partial charge in [-0.05, 0) is 48.8 Å². The lowest BCUT2D eigenvalue weighted by Crippen LogP contribution is -2.44. The van der Waals surface area contributed by atoms with Gasteiger partial charge in [0.2, 0.25) is 11.8 Å². The molecule has 0 fully saturated rings. The Morgan fingerprint density at radius 3 is 2.29 bits per heavy atom. The van der Waals surface area contributed by atoms with E-state index in [0.29, 0.717) is 19.6 Å². The fraction of sp³-hybridized carbons (Fsp3) is 0.538. The lowest BCUT2D eigenvalue weighted by molar-refractivity contribution is -0.143. The zero-order chi connectivity index (χ0) is 22.6. The number of thiophene rings is 1. The van der Waals surface area contributed by atoms with Crippen LogP contribution >= 0.6 is 11.3 Å².